The third-order valence-corrected chi connectivity index (χ3v) is 2.29. The van der Waals surface area contributed by atoms with Crippen molar-refractivity contribution in [1.29, 1.82) is 0 Å². The third kappa shape index (κ3) is 3.99. The van der Waals surface area contributed by atoms with E-state index in [1.54, 1.807) is 18.2 Å². The molecule has 0 aliphatic carbocycles. The van der Waals surface area contributed by atoms with E-state index in [0.29, 0.717) is 5.56 Å². The monoisotopic (exact) mass is 273 g/mol. The summed E-state index contributed by atoms with van der Waals surface area (Å²) in [6.45, 7) is -0.319. The molecule has 5 heteroatoms. The molecule has 3 N–H and O–H groups in total. The first kappa shape index (κ1) is 12.2. The van der Waals surface area contributed by atoms with Crippen LogP contribution in [0.5, 0.6) is 0 Å². The first-order valence-corrected chi connectivity index (χ1v) is 5.25. The maximum Gasteiger partial charge on any atom is 0.251 e. The van der Waals surface area contributed by atoms with Crippen LogP contribution in [0.15, 0.2) is 28.7 Å². The van der Waals surface area contributed by atoms with Crippen LogP contribution >= 0.6 is 15.9 Å². The highest BCUT2D eigenvalue weighted by atomic mass is 79.9. The molecule has 4 nitrogen and oxygen atoms in total. The van der Waals surface area contributed by atoms with Crippen LogP contribution in [-0.2, 0) is 0 Å². The Morgan fingerprint density at radius 3 is 2.87 bits per heavy atom. The van der Waals surface area contributed by atoms with Gasteiger partial charge in [0.15, 0.2) is 0 Å². The number of hydrogen-bond donors (Lipinski definition) is 3. The number of carbonyl (C=O) groups is 1. The van der Waals surface area contributed by atoms with Crippen molar-refractivity contribution in [3.63, 3.8) is 0 Å². The maximum absolute atomic E-state index is 11.5. The van der Waals surface area contributed by atoms with Crippen LogP contribution in [0, 0.1) is 0 Å². The van der Waals surface area contributed by atoms with E-state index in [1.807, 2.05) is 6.07 Å². The van der Waals surface area contributed by atoms with Crippen molar-refractivity contribution in [2.45, 2.75) is 6.10 Å². The van der Waals surface area contributed by atoms with E-state index >= 15 is 0 Å². The van der Waals surface area contributed by atoms with Crippen LogP contribution in [0.3, 0.4) is 0 Å². The Morgan fingerprint density at radius 1 is 1.53 bits per heavy atom. The van der Waals surface area contributed by atoms with Gasteiger partial charge in [-0.2, -0.15) is 0 Å². The predicted octanol–water partition coefficient (Wildman–Crippen LogP) is 0.532. The zero-order valence-corrected chi connectivity index (χ0v) is 9.57. The fourth-order valence-corrected chi connectivity index (χ4v) is 1.41. The van der Waals surface area contributed by atoms with Crippen molar-refractivity contribution in [2.75, 3.05) is 13.2 Å². The number of hydrogen-bond acceptors (Lipinski definition) is 3. The van der Waals surface area contributed by atoms with Gasteiger partial charge in [0.25, 0.3) is 5.91 Å². The summed E-state index contributed by atoms with van der Waals surface area (Å²) in [5, 5.41) is 20.1. The number of aliphatic hydroxyl groups is 2. The Morgan fingerprint density at radius 2 is 2.27 bits per heavy atom. The molecule has 1 aromatic carbocycles. The van der Waals surface area contributed by atoms with E-state index in [0.717, 1.165) is 4.47 Å². The first-order chi connectivity index (χ1) is 7.13. The van der Waals surface area contributed by atoms with Crippen LogP contribution in [0.25, 0.3) is 0 Å². The minimum absolute atomic E-state index is 0.0435. The molecule has 0 aromatic heterocycles. The average molecular weight is 274 g/mol. The Balaban J connectivity index is 2.54. The van der Waals surface area contributed by atoms with E-state index < -0.39 is 6.10 Å². The lowest BCUT2D eigenvalue weighted by atomic mass is 10.2. The highest BCUT2D eigenvalue weighted by molar-refractivity contribution is 9.10. The van der Waals surface area contributed by atoms with Gasteiger partial charge in [0, 0.05) is 16.6 Å². The van der Waals surface area contributed by atoms with Gasteiger partial charge in [-0.05, 0) is 18.2 Å². The largest absolute Gasteiger partial charge is 0.394 e. The number of carbonyl (C=O) groups excluding carboxylic acids is 1. The van der Waals surface area contributed by atoms with Crippen LogP contribution < -0.4 is 5.32 Å². The maximum atomic E-state index is 11.5. The molecule has 1 rings (SSSR count). The van der Waals surface area contributed by atoms with Gasteiger partial charge < -0.3 is 15.5 Å². The lowest BCUT2D eigenvalue weighted by Gasteiger charge is -2.08. The van der Waals surface area contributed by atoms with Gasteiger partial charge in [-0.1, -0.05) is 22.0 Å². The van der Waals surface area contributed by atoms with Crippen molar-refractivity contribution in [3.05, 3.63) is 34.3 Å². The molecule has 0 aliphatic rings. The number of rotatable bonds is 4. The third-order valence-electron chi connectivity index (χ3n) is 1.80. The summed E-state index contributed by atoms with van der Waals surface area (Å²) in [5.41, 5.74) is 0.509. The summed E-state index contributed by atoms with van der Waals surface area (Å²) in [4.78, 5) is 11.5. The minimum Gasteiger partial charge on any atom is -0.394 e. The highest BCUT2D eigenvalue weighted by Gasteiger charge is 2.07. The SMILES string of the molecule is O=C(NCC(O)CO)c1cccc(Br)c1. The van der Waals surface area contributed by atoms with Crippen LogP contribution in [0.1, 0.15) is 10.4 Å². The van der Waals surface area contributed by atoms with Gasteiger partial charge in [-0.25, -0.2) is 0 Å². The molecule has 82 valence electrons. The van der Waals surface area contributed by atoms with Gasteiger partial charge >= 0.3 is 0 Å². The number of nitrogens with one attached hydrogen (secondary N) is 1. The second kappa shape index (κ2) is 5.85. The average Bonchev–Trinajstić information content (AvgIpc) is 2.25. The Hall–Kier alpha value is -0.910. The van der Waals surface area contributed by atoms with Crippen LogP contribution in [-0.4, -0.2) is 35.4 Å². The molecule has 0 bridgehead atoms. The Kier molecular flexibility index (Phi) is 4.74. The number of halogens is 1. The molecule has 0 saturated carbocycles. The lowest BCUT2D eigenvalue weighted by molar-refractivity contribution is 0.0802. The van der Waals surface area contributed by atoms with Crippen molar-refractivity contribution in [2.24, 2.45) is 0 Å². The van der Waals surface area contributed by atoms with Crippen molar-refractivity contribution in [1.82, 2.24) is 5.32 Å². The van der Waals surface area contributed by atoms with Crippen molar-refractivity contribution in [3.8, 4) is 0 Å². The van der Waals surface area contributed by atoms with E-state index in [4.69, 9.17) is 10.2 Å². The number of aliphatic hydroxyl groups excluding tert-OH is 2. The Labute approximate surface area is 96.1 Å². The molecule has 15 heavy (non-hydrogen) atoms. The molecule has 1 atom stereocenters. The topological polar surface area (TPSA) is 69.6 Å². The Bertz CT molecular complexity index is 343. The summed E-state index contributed by atoms with van der Waals surface area (Å²) in [5.74, 6) is -0.274. The quantitative estimate of drug-likeness (QED) is 0.750. The van der Waals surface area contributed by atoms with E-state index in [9.17, 15) is 4.79 Å². The number of benzene rings is 1. The van der Waals surface area contributed by atoms with Crippen molar-refractivity contribution < 1.29 is 15.0 Å². The molecule has 1 aromatic rings. The predicted molar refractivity (Wildman–Crippen MR) is 59.6 cm³/mol. The molecule has 0 radical (unpaired) electrons. The lowest BCUT2D eigenvalue weighted by Crippen LogP contribution is -2.33. The zero-order valence-electron chi connectivity index (χ0n) is 7.98. The van der Waals surface area contributed by atoms with Crippen molar-refractivity contribution >= 4 is 21.8 Å². The molecular formula is C10H12BrNO3. The molecular weight excluding hydrogens is 262 g/mol. The van der Waals surface area contributed by atoms with E-state index in [-0.39, 0.29) is 19.1 Å². The van der Waals surface area contributed by atoms with Gasteiger partial charge in [-0.15, -0.1) is 0 Å². The number of amides is 1. The summed E-state index contributed by atoms with van der Waals surface area (Å²) >= 11 is 3.25. The summed E-state index contributed by atoms with van der Waals surface area (Å²) in [6, 6.07) is 6.92. The molecule has 1 unspecified atom stereocenters. The normalized spacial score (nSPS) is 12.2. The van der Waals surface area contributed by atoms with Gasteiger partial charge in [-0.3, -0.25) is 4.79 Å². The van der Waals surface area contributed by atoms with E-state index in [2.05, 4.69) is 21.2 Å². The molecule has 0 fully saturated rings. The second-order valence-corrected chi connectivity index (χ2v) is 3.97. The van der Waals surface area contributed by atoms with Crippen LogP contribution in [0.2, 0.25) is 0 Å². The van der Waals surface area contributed by atoms with Gasteiger partial charge in [0.2, 0.25) is 0 Å². The highest BCUT2D eigenvalue weighted by Crippen LogP contribution is 2.11. The first-order valence-electron chi connectivity index (χ1n) is 4.46. The molecule has 0 heterocycles. The fourth-order valence-electron chi connectivity index (χ4n) is 1.01. The molecule has 0 spiro atoms. The zero-order chi connectivity index (χ0) is 11.3. The second-order valence-electron chi connectivity index (χ2n) is 3.06. The van der Waals surface area contributed by atoms with Gasteiger partial charge in [0.05, 0.1) is 12.7 Å². The van der Waals surface area contributed by atoms with Gasteiger partial charge in [0.1, 0.15) is 0 Å². The summed E-state index contributed by atoms with van der Waals surface area (Å²) in [7, 11) is 0. The molecule has 0 saturated heterocycles. The standard InChI is InChI=1S/C10H12BrNO3/c11-8-3-1-2-7(4-8)10(15)12-5-9(14)6-13/h1-4,9,13-14H,5-6H2,(H,12,15). The fraction of sp³-hybridized carbons (Fsp3) is 0.300. The smallest absolute Gasteiger partial charge is 0.251 e. The molecule has 0 aliphatic heterocycles. The summed E-state index contributed by atoms with van der Waals surface area (Å²) in [6.07, 6.45) is -0.916. The van der Waals surface area contributed by atoms with E-state index in [1.165, 1.54) is 0 Å². The summed E-state index contributed by atoms with van der Waals surface area (Å²) < 4.78 is 0.817. The minimum atomic E-state index is -0.916. The molecule has 1 amide bonds. The van der Waals surface area contributed by atoms with Crippen LogP contribution in [0.4, 0.5) is 0 Å².